The molecule has 0 saturated carbocycles. The SMILES string of the molecule is CN(C)c1c[c-]c(C(=S)c2ccc(N(C)C)cc2)cc1.CP(C)C.CP(C)C.CP(C)C.[CH3-].[Fe+2]. The Hall–Kier alpha value is -0.0605. The van der Waals surface area contributed by atoms with E-state index in [0.717, 1.165) is 21.7 Å². The molecule has 0 atom stereocenters. The van der Waals surface area contributed by atoms with Crippen LogP contribution in [0.2, 0.25) is 0 Å². The molecular formula is C27H49FeN2P3S. The largest absolute Gasteiger partial charge is 2.00 e. The minimum Gasteiger partial charge on any atom is -0.416 e. The molecule has 0 saturated heterocycles. The van der Waals surface area contributed by atoms with Crippen LogP contribution in [0, 0.1) is 13.5 Å². The Morgan fingerprint density at radius 1 is 0.647 bits per heavy atom. The first kappa shape index (κ1) is 41.1. The number of anilines is 2. The fourth-order valence-corrected chi connectivity index (χ4v) is 2.17. The van der Waals surface area contributed by atoms with Crippen LogP contribution < -0.4 is 9.80 Å². The first-order valence-corrected chi connectivity index (χ1v) is 19.0. The molecule has 196 valence electrons. The van der Waals surface area contributed by atoms with Gasteiger partial charge in [0.05, 0.1) is 0 Å². The van der Waals surface area contributed by atoms with Gasteiger partial charge >= 0.3 is 17.1 Å². The Labute approximate surface area is 233 Å². The summed E-state index contributed by atoms with van der Waals surface area (Å²) in [5, 5.41) is 0. The number of hydrogen-bond donors (Lipinski definition) is 0. The third-order valence-electron chi connectivity index (χ3n) is 3.20. The van der Waals surface area contributed by atoms with Crippen molar-refractivity contribution < 1.29 is 17.1 Å². The molecule has 0 aliphatic carbocycles. The van der Waals surface area contributed by atoms with E-state index in [1.165, 1.54) is 5.69 Å². The molecule has 0 aromatic heterocycles. The molecular weight excluding hydrogens is 533 g/mol. The molecule has 2 aromatic rings. The summed E-state index contributed by atoms with van der Waals surface area (Å²) in [5.74, 6) is 0. The summed E-state index contributed by atoms with van der Waals surface area (Å²) < 4.78 is 0. The van der Waals surface area contributed by atoms with Gasteiger partial charge in [0.1, 0.15) is 0 Å². The van der Waals surface area contributed by atoms with E-state index in [-0.39, 0.29) is 24.5 Å². The number of rotatable bonds is 4. The molecule has 0 spiro atoms. The zero-order valence-electron chi connectivity index (χ0n) is 24.0. The smallest absolute Gasteiger partial charge is 0.416 e. The molecule has 2 aromatic carbocycles. The average molecular weight is 583 g/mol. The minimum atomic E-state index is 0. The van der Waals surface area contributed by atoms with Gasteiger partial charge in [-0.05, 0) is 102 Å². The molecule has 2 nitrogen and oxygen atoms in total. The molecule has 0 N–H and O–H groups in total. The second-order valence-corrected chi connectivity index (χ2v) is 17.6. The van der Waals surface area contributed by atoms with E-state index in [1.807, 2.05) is 40.3 Å². The summed E-state index contributed by atoms with van der Waals surface area (Å²) in [6.07, 6.45) is 0. The molecule has 7 heteroatoms. The summed E-state index contributed by atoms with van der Waals surface area (Å²) in [6.45, 7) is 20.1. The quantitative estimate of drug-likeness (QED) is 0.119. The van der Waals surface area contributed by atoms with Gasteiger partial charge in [0.2, 0.25) is 0 Å². The van der Waals surface area contributed by atoms with Gasteiger partial charge in [0, 0.05) is 19.8 Å². The van der Waals surface area contributed by atoms with Crippen LogP contribution in [-0.2, 0) is 17.1 Å². The molecule has 34 heavy (non-hydrogen) atoms. The molecule has 0 aliphatic rings. The van der Waals surface area contributed by atoms with Crippen molar-refractivity contribution in [2.45, 2.75) is 0 Å². The number of hydrogen-bond acceptors (Lipinski definition) is 3. The van der Waals surface area contributed by atoms with Gasteiger partial charge in [0.25, 0.3) is 0 Å². The Balaban J connectivity index is -0.000000270. The van der Waals surface area contributed by atoms with Crippen molar-refractivity contribution in [1.82, 2.24) is 0 Å². The Morgan fingerprint density at radius 3 is 1.24 bits per heavy atom. The minimum absolute atomic E-state index is 0. The van der Waals surface area contributed by atoms with Crippen LogP contribution in [0.25, 0.3) is 0 Å². The maximum absolute atomic E-state index is 5.55. The van der Waals surface area contributed by atoms with Crippen molar-refractivity contribution >= 4 is 52.2 Å². The van der Waals surface area contributed by atoms with E-state index in [0.29, 0.717) is 23.8 Å². The fourth-order valence-electron chi connectivity index (χ4n) is 1.90. The summed E-state index contributed by atoms with van der Waals surface area (Å²) in [6, 6.07) is 17.6. The van der Waals surface area contributed by atoms with Crippen LogP contribution in [0.15, 0.2) is 42.5 Å². The summed E-state index contributed by atoms with van der Waals surface area (Å²) in [5.41, 5.74) is 4.31. The van der Waals surface area contributed by atoms with E-state index in [9.17, 15) is 0 Å². The average Bonchev–Trinajstić information content (AvgIpc) is 2.66. The van der Waals surface area contributed by atoms with E-state index in [1.54, 1.807) is 0 Å². The van der Waals surface area contributed by atoms with Crippen LogP contribution >= 0.6 is 36.0 Å². The Kier molecular flexibility index (Phi) is 28.2. The summed E-state index contributed by atoms with van der Waals surface area (Å²) in [7, 11) is 9.23. The van der Waals surface area contributed by atoms with Gasteiger partial charge < -0.3 is 17.2 Å². The second kappa shape index (κ2) is 23.3. The Bertz CT molecular complexity index is 657. The van der Waals surface area contributed by atoms with Crippen molar-refractivity contribution in [3.05, 3.63) is 67.1 Å². The third kappa shape index (κ3) is 23.7. The van der Waals surface area contributed by atoms with Gasteiger partial charge in [-0.1, -0.05) is 12.1 Å². The van der Waals surface area contributed by atoms with E-state index < -0.39 is 0 Å². The molecule has 2 rings (SSSR count). The molecule has 0 amide bonds. The summed E-state index contributed by atoms with van der Waals surface area (Å²) >= 11 is 5.55. The van der Waals surface area contributed by atoms with Gasteiger partial charge in [0.15, 0.2) is 0 Å². The van der Waals surface area contributed by atoms with Crippen LogP contribution in [0.3, 0.4) is 0 Å². The monoisotopic (exact) mass is 582 g/mol. The third-order valence-corrected chi connectivity index (χ3v) is 3.66. The predicted molar refractivity (Wildman–Crippen MR) is 172 cm³/mol. The Morgan fingerprint density at radius 2 is 0.971 bits per heavy atom. The van der Waals surface area contributed by atoms with Gasteiger partial charge in [-0.2, -0.15) is 0 Å². The molecule has 0 fully saturated rings. The van der Waals surface area contributed by atoms with E-state index >= 15 is 0 Å². The van der Waals surface area contributed by atoms with E-state index in [2.05, 4.69) is 106 Å². The maximum Gasteiger partial charge on any atom is 2.00 e. The van der Waals surface area contributed by atoms with Crippen molar-refractivity contribution in [3.63, 3.8) is 0 Å². The topological polar surface area (TPSA) is 6.48 Å². The van der Waals surface area contributed by atoms with Gasteiger partial charge in [-0.3, -0.25) is 0 Å². The number of benzene rings is 2. The van der Waals surface area contributed by atoms with Crippen LogP contribution in [0.5, 0.6) is 0 Å². The predicted octanol–water partition coefficient (Wildman–Crippen LogP) is 7.91. The normalized spacial score (nSPS) is 9.18. The van der Waals surface area contributed by atoms with Crippen molar-refractivity contribution in [3.8, 4) is 0 Å². The maximum atomic E-state index is 5.55. The molecule has 0 radical (unpaired) electrons. The zero-order chi connectivity index (χ0) is 25.4. The first-order valence-electron chi connectivity index (χ1n) is 10.5. The fraction of sp³-hybridized carbons (Fsp3) is 0.481. The number of thiocarbonyl (C=S) groups is 1. The van der Waals surface area contributed by atoms with Crippen LogP contribution in [0.4, 0.5) is 11.4 Å². The van der Waals surface area contributed by atoms with Crippen LogP contribution in [0.1, 0.15) is 11.1 Å². The zero-order valence-corrected chi connectivity index (χ0v) is 28.6. The van der Waals surface area contributed by atoms with Crippen LogP contribution in [-0.4, -0.2) is 93.0 Å². The van der Waals surface area contributed by atoms with Gasteiger partial charge in [-0.25, -0.2) is 0 Å². The van der Waals surface area contributed by atoms with Crippen molar-refractivity contribution in [2.75, 3.05) is 98.0 Å². The molecule has 0 unspecified atom stereocenters. The molecule has 0 heterocycles. The first-order chi connectivity index (χ1) is 14.7. The molecule has 0 bridgehead atoms. The van der Waals surface area contributed by atoms with E-state index in [4.69, 9.17) is 12.2 Å². The second-order valence-electron chi connectivity index (χ2n) is 9.15. The standard InChI is InChI=1S/C17H19N2S.3C3H9P.CH3.Fe/c1-18(2)15-9-5-13(6-10-15)17(20)14-7-11-16(12-8-14)19(3)4;3*1-4(2)3;;/h5-7,9-12H,1-4H3;3*1-3H3;1H3;/q-1;;;;-1;+2. The van der Waals surface area contributed by atoms with Crippen molar-refractivity contribution in [2.24, 2.45) is 0 Å². The van der Waals surface area contributed by atoms with Gasteiger partial charge in [-0.15, -0.1) is 65.8 Å². The van der Waals surface area contributed by atoms with Crippen molar-refractivity contribution in [1.29, 1.82) is 0 Å². The number of nitrogens with zero attached hydrogens (tertiary/aromatic N) is 2. The molecule has 0 aliphatic heterocycles. The summed E-state index contributed by atoms with van der Waals surface area (Å²) in [4.78, 5) is 4.96.